The van der Waals surface area contributed by atoms with E-state index in [0.717, 1.165) is 5.31 Å². The van der Waals surface area contributed by atoms with Gasteiger partial charge in [-0.2, -0.15) is 0 Å². The van der Waals surface area contributed by atoms with Crippen LogP contribution < -0.4 is 5.31 Å². The maximum absolute atomic E-state index is 10.1. The zero-order valence-corrected chi connectivity index (χ0v) is 5.09. The Hall–Kier alpha value is -0.570. The average Bonchev–Trinajstić information content (AvgIpc) is 1.84. The summed E-state index contributed by atoms with van der Waals surface area (Å²) in [5.41, 5.74) is 0. The fourth-order valence-corrected chi connectivity index (χ4v) is 0.352. The van der Waals surface area contributed by atoms with Crippen molar-refractivity contribution >= 4 is 5.97 Å². The maximum Gasteiger partial charge on any atom is 0.320 e. The fraction of sp³-hybridized carbons (Fsp3) is 0.800. The Morgan fingerprint density at radius 1 is 2.12 bits per heavy atom. The van der Waals surface area contributed by atoms with Crippen molar-refractivity contribution in [2.75, 3.05) is 6.54 Å². The van der Waals surface area contributed by atoms with Gasteiger partial charge in [-0.1, -0.05) is 6.92 Å². The van der Waals surface area contributed by atoms with Gasteiger partial charge in [-0.05, 0) is 13.5 Å². The largest absolute Gasteiger partial charge is 0.480 e. The molecule has 0 saturated heterocycles. The minimum Gasteiger partial charge on any atom is -0.480 e. The first kappa shape index (κ1) is 5.56. The van der Waals surface area contributed by atoms with E-state index in [1.807, 2.05) is 0 Å². The van der Waals surface area contributed by atoms with Crippen LogP contribution in [0.5, 0.6) is 0 Å². The van der Waals surface area contributed by atoms with Gasteiger partial charge in [0.25, 0.3) is 0 Å². The summed E-state index contributed by atoms with van der Waals surface area (Å²) < 4.78 is 7.01. The van der Waals surface area contributed by atoms with Crippen molar-refractivity contribution in [3.8, 4) is 0 Å². The number of likely N-dealkylation sites (N-methyl/N-ethyl adjacent to an activating group) is 1. The summed E-state index contributed by atoms with van der Waals surface area (Å²) in [6.45, 7) is 3.67. The van der Waals surface area contributed by atoms with Crippen molar-refractivity contribution in [3.05, 3.63) is 0 Å². The highest BCUT2D eigenvalue weighted by Crippen LogP contribution is 1.77. The molecule has 0 aliphatic carbocycles. The van der Waals surface area contributed by atoms with E-state index in [9.17, 15) is 4.79 Å². The van der Waals surface area contributed by atoms with Gasteiger partial charge in [-0.25, -0.2) is 0 Å². The van der Waals surface area contributed by atoms with Crippen molar-refractivity contribution in [1.29, 1.82) is 0 Å². The van der Waals surface area contributed by atoms with Crippen LogP contribution in [0.3, 0.4) is 0 Å². The first-order valence-electron chi connectivity index (χ1n) is 3.02. The van der Waals surface area contributed by atoms with Gasteiger partial charge in [-0.3, -0.25) is 4.79 Å². The van der Waals surface area contributed by atoms with Crippen LogP contribution in [0.15, 0.2) is 0 Å². The number of carboxylic acids is 1. The molecule has 0 spiro atoms. The molecule has 0 aliphatic rings. The van der Waals surface area contributed by atoms with Crippen LogP contribution in [-0.2, 0) is 4.79 Å². The minimum absolute atomic E-state index is 0.438. The standard InChI is InChI=1S/C5H11NO2/c1-3-6-4(2)5(7)8/h4,6H,3H2,1-2H3,(H,7,8)/t4-/m0/s1/i/hD. The molecule has 0 aromatic rings. The van der Waals surface area contributed by atoms with Gasteiger partial charge in [0.05, 0.1) is 0 Å². The summed E-state index contributed by atoms with van der Waals surface area (Å²) in [5.74, 6) is -0.952. The molecular formula is C5H11NO2. The molecule has 48 valence electrons. The Balaban J connectivity index is 3.72. The van der Waals surface area contributed by atoms with Gasteiger partial charge in [0.1, 0.15) is 7.45 Å². The van der Waals surface area contributed by atoms with E-state index >= 15 is 0 Å². The Morgan fingerprint density at radius 3 is 2.75 bits per heavy atom. The summed E-state index contributed by atoms with van der Waals surface area (Å²) in [6.07, 6.45) is 0. The second kappa shape index (κ2) is 3.43. The third-order valence-corrected chi connectivity index (χ3v) is 0.814. The summed E-state index contributed by atoms with van der Waals surface area (Å²) in [6, 6.07) is -0.699. The molecular weight excluding hydrogens is 106 g/mol. The lowest BCUT2D eigenvalue weighted by atomic mass is 10.3. The molecule has 0 unspecified atom stereocenters. The second-order valence-corrected chi connectivity index (χ2v) is 1.51. The van der Waals surface area contributed by atoms with Crippen molar-refractivity contribution in [3.63, 3.8) is 0 Å². The molecule has 3 heteroatoms. The Bertz CT molecular complexity index is 107. The first-order chi connectivity index (χ1) is 4.09. The van der Waals surface area contributed by atoms with E-state index in [1.165, 1.54) is 6.92 Å². The molecule has 0 rings (SSSR count). The second-order valence-electron chi connectivity index (χ2n) is 1.51. The van der Waals surface area contributed by atoms with Crippen LogP contribution >= 0.6 is 0 Å². The van der Waals surface area contributed by atoms with E-state index < -0.39 is 12.0 Å². The summed E-state index contributed by atoms with van der Waals surface area (Å²) in [5, 5.41) is 9.34. The molecule has 0 aromatic heterocycles. The van der Waals surface area contributed by atoms with E-state index in [4.69, 9.17) is 6.52 Å². The van der Waals surface area contributed by atoms with Gasteiger partial charge in [0.2, 0.25) is 0 Å². The zero-order chi connectivity index (χ0) is 7.44. The van der Waals surface area contributed by atoms with Gasteiger partial charge in [0.15, 0.2) is 0 Å². The monoisotopic (exact) mass is 118 g/mol. The summed E-state index contributed by atoms with van der Waals surface area (Å²) in [4.78, 5) is 10.1. The van der Waals surface area contributed by atoms with E-state index in [0.29, 0.717) is 6.54 Å². The van der Waals surface area contributed by atoms with Crippen LogP contribution in [0.1, 0.15) is 13.8 Å². The molecule has 0 heterocycles. The Kier molecular flexibility index (Phi) is 2.39. The predicted molar refractivity (Wildman–Crippen MR) is 30.8 cm³/mol. The highest BCUT2D eigenvalue weighted by molar-refractivity contribution is 5.72. The predicted octanol–water partition coefficient (Wildman–Crippen LogP) is 0.0690. The summed E-state index contributed by atoms with van der Waals surface area (Å²) in [7, 11) is 0. The van der Waals surface area contributed by atoms with Crippen LogP contribution in [-0.4, -0.2) is 23.7 Å². The molecule has 8 heavy (non-hydrogen) atoms. The molecule has 0 fully saturated rings. The molecule has 0 bridgehead atoms. The Morgan fingerprint density at radius 2 is 2.62 bits per heavy atom. The SMILES string of the molecule is [2H]N(CC)[C@@H](C)C(=O)O. The van der Waals surface area contributed by atoms with Crippen molar-refractivity contribution in [2.24, 2.45) is 0 Å². The van der Waals surface area contributed by atoms with Gasteiger partial charge in [0, 0.05) is 0 Å². The quantitative estimate of drug-likeness (QED) is 0.551. The Labute approximate surface area is 50.2 Å². The highest BCUT2D eigenvalue weighted by Gasteiger charge is 2.06. The number of aliphatic carboxylic acids is 1. The van der Waals surface area contributed by atoms with Crippen LogP contribution in [0, 0.1) is 0 Å². The van der Waals surface area contributed by atoms with Gasteiger partial charge in [-0.15, -0.1) is 0 Å². The average molecular weight is 118 g/mol. The third kappa shape index (κ3) is 2.58. The lowest BCUT2D eigenvalue weighted by molar-refractivity contribution is -0.138. The number of carbonyl (C=O) groups is 1. The van der Waals surface area contributed by atoms with Gasteiger partial charge < -0.3 is 10.4 Å². The number of carboxylic acid groups (broad SMARTS) is 1. The van der Waals surface area contributed by atoms with Crippen LogP contribution in [0.25, 0.3) is 0 Å². The van der Waals surface area contributed by atoms with Crippen molar-refractivity contribution in [1.82, 2.24) is 5.31 Å². The topological polar surface area (TPSA) is 49.3 Å². The fourth-order valence-electron chi connectivity index (χ4n) is 0.352. The maximum atomic E-state index is 10.1. The molecule has 2 N–H and O–H groups in total. The number of hydrogen-bond acceptors (Lipinski definition) is 2. The highest BCUT2D eigenvalue weighted by atomic mass is 16.4. The molecule has 0 saturated carbocycles. The van der Waals surface area contributed by atoms with Crippen LogP contribution in [0.2, 0.25) is 1.41 Å². The third-order valence-electron chi connectivity index (χ3n) is 0.814. The normalized spacial score (nSPS) is 15.6. The number of nitrogens with one attached hydrogen (secondary N) is 1. The van der Waals surface area contributed by atoms with E-state index in [-0.39, 0.29) is 0 Å². The number of rotatable bonds is 3. The lowest BCUT2D eigenvalue weighted by Crippen LogP contribution is -2.33. The van der Waals surface area contributed by atoms with E-state index in [2.05, 4.69) is 0 Å². The molecule has 0 amide bonds. The smallest absolute Gasteiger partial charge is 0.320 e. The molecule has 0 radical (unpaired) electrons. The first-order valence-corrected chi connectivity index (χ1v) is 2.58. The summed E-state index contributed by atoms with van der Waals surface area (Å²) >= 11 is 0. The molecule has 0 aliphatic heterocycles. The molecule has 0 aromatic carbocycles. The molecule has 1 atom stereocenters. The van der Waals surface area contributed by atoms with Gasteiger partial charge >= 0.3 is 5.97 Å². The van der Waals surface area contributed by atoms with E-state index in [1.54, 1.807) is 6.92 Å². The number of hydrogen-bond donors (Lipinski definition) is 2. The zero-order valence-electron chi connectivity index (χ0n) is 6.09. The van der Waals surface area contributed by atoms with Crippen LogP contribution in [0.4, 0.5) is 0 Å². The van der Waals surface area contributed by atoms with Crippen molar-refractivity contribution in [2.45, 2.75) is 19.9 Å². The minimum atomic E-state index is -0.952. The lowest BCUT2D eigenvalue weighted by Gasteiger charge is -2.03. The van der Waals surface area contributed by atoms with Crippen molar-refractivity contribution < 1.29 is 11.3 Å². The molecule has 3 nitrogen and oxygen atoms in total.